The van der Waals surface area contributed by atoms with Crippen LogP contribution in [0.1, 0.15) is 62.3 Å². The summed E-state index contributed by atoms with van der Waals surface area (Å²) >= 11 is 0. The quantitative estimate of drug-likeness (QED) is 0.754. The lowest BCUT2D eigenvalue weighted by Crippen LogP contribution is -2.30. The maximum absolute atomic E-state index is 12.7. The number of aromatic nitrogens is 3. The van der Waals surface area contributed by atoms with Crippen LogP contribution in [0, 0.1) is 0 Å². The molecule has 1 amide bonds. The number of hydrogen-bond acceptors (Lipinski definition) is 4. The molecule has 150 valence electrons. The van der Waals surface area contributed by atoms with Crippen LogP contribution in [0.5, 0.6) is 0 Å². The summed E-state index contributed by atoms with van der Waals surface area (Å²) in [5.74, 6) is -0.152. The molecule has 0 saturated carbocycles. The van der Waals surface area contributed by atoms with E-state index in [9.17, 15) is 4.79 Å². The molecule has 2 aromatic rings. The minimum absolute atomic E-state index is 0.0987. The van der Waals surface area contributed by atoms with E-state index >= 15 is 0 Å². The highest BCUT2D eigenvalue weighted by atomic mass is 16.2. The molecule has 0 saturated heterocycles. The van der Waals surface area contributed by atoms with E-state index in [0.717, 1.165) is 43.7 Å². The Morgan fingerprint density at radius 1 is 1.25 bits per heavy atom. The average molecular weight is 382 g/mol. The lowest BCUT2D eigenvalue weighted by atomic mass is 9.87. The Morgan fingerprint density at radius 2 is 2.00 bits per heavy atom. The van der Waals surface area contributed by atoms with Gasteiger partial charge in [-0.2, -0.15) is 0 Å². The fraction of sp³-hybridized carbons (Fsp3) is 0.500. The summed E-state index contributed by atoms with van der Waals surface area (Å²) in [6, 6.07) is 8.35. The molecule has 1 aromatic carbocycles. The molecule has 0 fully saturated rings. The smallest absolute Gasteiger partial charge is 0.274 e. The van der Waals surface area contributed by atoms with Crippen LogP contribution >= 0.6 is 0 Å². The van der Waals surface area contributed by atoms with E-state index in [1.807, 2.05) is 0 Å². The number of rotatable bonds is 6. The minimum atomic E-state index is -0.152. The fourth-order valence-corrected chi connectivity index (χ4v) is 3.36. The van der Waals surface area contributed by atoms with Crippen molar-refractivity contribution in [3.05, 3.63) is 52.9 Å². The molecule has 2 heterocycles. The van der Waals surface area contributed by atoms with Crippen molar-refractivity contribution in [3.63, 3.8) is 0 Å². The van der Waals surface area contributed by atoms with Crippen LogP contribution in [0.4, 0.5) is 0 Å². The van der Waals surface area contributed by atoms with Crippen LogP contribution < -0.4 is 10.6 Å². The monoisotopic (exact) mass is 381 g/mol. The van der Waals surface area contributed by atoms with E-state index in [4.69, 9.17) is 0 Å². The third-order valence-electron chi connectivity index (χ3n) is 5.08. The molecule has 1 aliphatic rings. The molecule has 1 aliphatic heterocycles. The third-order valence-corrected chi connectivity index (χ3v) is 5.08. The molecule has 3 rings (SSSR count). The number of nitrogens with one attached hydrogen (secondary N) is 2. The van der Waals surface area contributed by atoms with Crippen molar-refractivity contribution < 1.29 is 4.79 Å². The molecule has 1 aromatic heterocycles. The van der Waals surface area contributed by atoms with Gasteiger partial charge in [-0.3, -0.25) is 4.79 Å². The summed E-state index contributed by atoms with van der Waals surface area (Å²) < 4.78 is 1.80. The second kappa shape index (κ2) is 8.69. The van der Waals surface area contributed by atoms with E-state index in [2.05, 4.69) is 79.0 Å². The molecule has 0 atom stereocenters. The number of carbonyl (C=O) groups excluding carboxylic acids is 1. The SMILES string of the molecule is CCCc1c(C(=O)NCC2=CCNCC2)nnn1-c1ccc(C(C)(C)C)cc1. The highest BCUT2D eigenvalue weighted by Crippen LogP contribution is 2.24. The largest absolute Gasteiger partial charge is 0.347 e. The number of nitrogens with zero attached hydrogens (tertiary/aromatic N) is 3. The molecular formula is C22H31N5O. The third kappa shape index (κ3) is 4.68. The second-order valence-electron chi connectivity index (χ2n) is 8.34. The summed E-state index contributed by atoms with van der Waals surface area (Å²) in [4.78, 5) is 12.7. The van der Waals surface area contributed by atoms with E-state index < -0.39 is 0 Å². The first-order valence-electron chi connectivity index (χ1n) is 10.1. The first-order valence-corrected chi connectivity index (χ1v) is 10.1. The van der Waals surface area contributed by atoms with Crippen molar-refractivity contribution in [1.82, 2.24) is 25.6 Å². The highest BCUT2D eigenvalue weighted by Gasteiger charge is 2.21. The molecule has 0 spiro atoms. The number of amides is 1. The summed E-state index contributed by atoms with van der Waals surface area (Å²) in [7, 11) is 0. The number of benzene rings is 1. The maximum atomic E-state index is 12.7. The summed E-state index contributed by atoms with van der Waals surface area (Å²) in [5.41, 5.74) is 4.85. The molecule has 6 heteroatoms. The highest BCUT2D eigenvalue weighted by molar-refractivity contribution is 5.93. The standard InChI is InChI=1S/C22H31N5O/c1-5-6-19-20(21(28)24-15-16-11-13-23-14-12-16)25-26-27(19)18-9-7-17(8-10-18)22(2,3)4/h7-11,23H,5-6,12-15H2,1-4H3,(H,24,28). The molecule has 28 heavy (non-hydrogen) atoms. The van der Waals surface area contributed by atoms with Gasteiger partial charge in [-0.25, -0.2) is 4.68 Å². The van der Waals surface area contributed by atoms with E-state index in [-0.39, 0.29) is 11.3 Å². The average Bonchev–Trinajstić information content (AvgIpc) is 3.10. The summed E-state index contributed by atoms with van der Waals surface area (Å²) in [5, 5.41) is 14.8. The molecular weight excluding hydrogens is 350 g/mol. The summed E-state index contributed by atoms with van der Waals surface area (Å²) in [6.45, 7) is 11.1. The first-order chi connectivity index (χ1) is 13.4. The van der Waals surface area contributed by atoms with Gasteiger partial charge in [-0.15, -0.1) is 5.10 Å². The minimum Gasteiger partial charge on any atom is -0.347 e. The van der Waals surface area contributed by atoms with Crippen molar-refractivity contribution in [2.24, 2.45) is 0 Å². The van der Waals surface area contributed by atoms with Crippen molar-refractivity contribution in [2.45, 2.75) is 52.4 Å². The zero-order valence-electron chi connectivity index (χ0n) is 17.4. The Bertz CT molecular complexity index is 843. The van der Waals surface area contributed by atoms with Crippen LogP contribution in [0.25, 0.3) is 5.69 Å². The number of carbonyl (C=O) groups is 1. The second-order valence-corrected chi connectivity index (χ2v) is 8.34. The van der Waals surface area contributed by atoms with Crippen molar-refractivity contribution in [2.75, 3.05) is 19.6 Å². The summed E-state index contributed by atoms with van der Waals surface area (Å²) in [6.07, 6.45) is 4.78. The predicted molar refractivity (Wildman–Crippen MR) is 112 cm³/mol. The fourth-order valence-electron chi connectivity index (χ4n) is 3.36. The van der Waals surface area contributed by atoms with Crippen LogP contribution in [-0.4, -0.2) is 40.5 Å². The molecule has 0 aliphatic carbocycles. The van der Waals surface area contributed by atoms with Crippen LogP contribution in [0.3, 0.4) is 0 Å². The van der Waals surface area contributed by atoms with Crippen LogP contribution in [-0.2, 0) is 11.8 Å². The van der Waals surface area contributed by atoms with Gasteiger partial charge in [0.15, 0.2) is 5.69 Å². The molecule has 0 radical (unpaired) electrons. The normalized spacial score (nSPS) is 14.6. The zero-order chi connectivity index (χ0) is 20.1. The molecule has 0 bridgehead atoms. The van der Waals surface area contributed by atoms with Crippen LogP contribution in [0.15, 0.2) is 35.9 Å². The van der Waals surface area contributed by atoms with E-state index in [1.165, 1.54) is 11.1 Å². The van der Waals surface area contributed by atoms with E-state index in [0.29, 0.717) is 12.2 Å². The molecule has 0 unspecified atom stereocenters. The van der Waals surface area contributed by atoms with Gasteiger partial charge in [0.2, 0.25) is 0 Å². The Balaban J connectivity index is 1.81. The first kappa shape index (κ1) is 20.3. The van der Waals surface area contributed by atoms with E-state index in [1.54, 1.807) is 4.68 Å². The molecule has 2 N–H and O–H groups in total. The van der Waals surface area contributed by atoms with Crippen molar-refractivity contribution in [3.8, 4) is 5.69 Å². The van der Waals surface area contributed by atoms with Gasteiger partial charge in [0.05, 0.1) is 11.4 Å². The Kier molecular flexibility index (Phi) is 6.29. The topological polar surface area (TPSA) is 71.8 Å². The lowest BCUT2D eigenvalue weighted by Gasteiger charge is -2.19. The number of hydrogen-bond donors (Lipinski definition) is 2. The Morgan fingerprint density at radius 3 is 2.61 bits per heavy atom. The lowest BCUT2D eigenvalue weighted by molar-refractivity contribution is 0.0950. The maximum Gasteiger partial charge on any atom is 0.274 e. The van der Waals surface area contributed by atoms with Crippen molar-refractivity contribution in [1.29, 1.82) is 0 Å². The van der Waals surface area contributed by atoms with Gasteiger partial charge < -0.3 is 10.6 Å². The van der Waals surface area contributed by atoms with Gasteiger partial charge >= 0.3 is 0 Å². The Hall–Kier alpha value is -2.47. The van der Waals surface area contributed by atoms with Gasteiger partial charge in [0, 0.05) is 13.1 Å². The Labute approximate surface area is 167 Å². The van der Waals surface area contributed by atoms with Crippen LogP contribution in [0.2, 0.25) is 0 Å². The predicted octanol–water partition coefficient (Wildman–Crippen LogP) is 3.17. The van der Waals surface area contributed by atoms with Gasteiger partial charge in [0.25, 0.3) is 5.91 Å². The van der Waals surface area contributed by atoms with Gasteiger partial charge in [-0.1, -0.05) is 63.1 Å². The van der Waals surface area contributed by atoms with Gasteiger partial charge in [0.1, 0.15) is 0 Å². The van der Waals surface area contributed by atoms with Gasteiger partial charge in [-0.05, 0) is 42.5 Å². The molecule has 6 nitrogen and oxygen atoms in total. The zero-order valence-corrected chi connectivity index (χ0v) is 17.4. The van der Waals surface area contributed by atoms with Crippen molar-refractivity contribution >= 4 is 5.91 Å².